The molecule has 2 heterocycles. The highest BCUT2D eigenvalue weighted by Gasteiger charge is 2.71. The van der Waals surface area contributed by atoms with E-state index in [1.54, 1.807) is 0 Å². The average molecular weight is 298 g/mol. The topological polar surface area (TPSA) is 85.2 Å². The zero-order chi connectivity index (χ0) is 15.0. The van der Waals surface area contributed by atoms with Crippen LogP contribution in [0.15, 0.2) is 0 Å². The van der Waals surface area contributed by atoms with E-state index >= 15 is 0 Å². The Morgan fingerprint density at radius 2 is 2.00 bits per heavy atom. The number of aliphatic hydroxyl groups is 2. The summed E-state index contributed by atoms with van der Waals surface area (Å²) in [5, 5.41) is 21.3. The predicted molar refractivity (Wildman–Crippen MR) is 69.6 cm³/mol. The van der Waals surface area contributed by atoms with Crippen molar-refractivity contribution < 1.29 is 29.5 Å². The first-order valence-corrected chi connectivity index (χ1v) is 7.79. The monoisotopic (exact) mass is 298 g/mol. The van der Waals surface area contributed by atoms with E-state index in [0.717, 1.165) is 6.42 Å². The van der Waals surface area contributed by atoms with E-state index in [1.807, 2.05) is 13.8 Å². The maximum atomic E-state index is 11.9. The van der Waals surface area contributed by atoms with E-state index in [2.05, 4.69) is 0 Å². The number of aliphatic hydroxyl groups excluding tert-OH is 1. The fraction of sp³-hybridized carbons (Fsp3) is 0.933. The summed E-state index contributed by atoms with van der Waals surface area (Å²) in [6.07, 6.45) is 1.82. The van der Waals surface area contributed by atoms with Crippen molar-refractivity contribution in [3.8, 4) is 0 Å². The Morgan fingerprint density at radius 1 is 1.24 bits per heavy atom. The molecule has 4 rings (SSSR count). The zero-order valence-electron chi connectivity index (χ0n) is 12.4. The van der Waals surface area contributed by atoms with Crippen molar-refractivity contribution in [2.24, 2.45) is 17.3 Å². The number of carbonyl (C=O) groups is 1. The van der Waals surface area contributed by atoms with Crippen molar-refractivity contribution in [1.82, 2.24) is 0 Å². The fourth-order valence-electron chi connectivity index (χ4n) is 4.92. The van der Waals surface area contributed by atoms with Gasteiger partial charge in [-0.15, -0.1) is 0 Å². The van der Waals surface area contributed by atoms with Gasteiger partial charge in [-0.2, -0.15) is 4.89 Å². The van der Waals surface area contributed by atoms with Gasteiger partial charge in [0.1, 0.15) is 5.60 Å². The lowest BCUT2D eigenvalue weighted by Gasteiger charge is -2.43. The van der Waals surface area contributed by atoms with Gasteiger partial charge in [0.15, 0.2) is 6.10 Å². The van der Waals surface area contributed by atoms with Gasteiger partial charge in [-0.25, -0.2) is 4.89 Å². The standard InChI is InChI=1S/C15H22O6/c1-8-9-3-5-13(2)10(16)4-6-14(13)7-15(18,21-20-14)11(9)19-12(8)17/h8-11,16,18H,3-7H2,1-2H3/t8-,9?,10-,11+,13+,14-,15+/m1/s1. The summed E-state index contributed by atoms with van der Waals surface area (Å²) in [6, 6.07) is 0. The number of carbonyl (C=O) groups excluding carboxylic acids is 1. The SMILES string of the molecule is C[C@H]1C(=O)O[C@H]2C1CC[C@@]1(C)[C@H](O)CC[C@@]13C[C@]2(O)OO3. The van der Waals surface area contributed by atoms with Gasteiger partial charge in [0.05, 0.1) is 12.0 Å². The molecule has 21 heavy (non-hydrogen) atoms. The molecule has 1 unspecified atom stereocenters. The van der Waals surface area contributed by atoms with E-state index in [-0.39, 0.29) is 24.2 Å². The second-order valence-electron chi connectivity index (χ2n) is 7.50. The minimum atomic E-state index is -1.60. The normalized spacial score (nSPS) is 59.1. The van der Waals surface area contributed by atoms with Crippen molar-refractivity contribution in [2.75, 3.05) is 0 Å². The summed E-state index contributed by atoms with van der Waals surface area (Å²) >= 11 is 0. The lowest BCUT2D eigenvalue weighted by Crippen LogP contribution is -2.53. The highest BCUT2D eigenvalue weighted by molar-refractivity contribution is 5.75. The Labute approximate surface area is 123 Å². The molecule has 118 valence electrons. The van der Waals surface area contributed by atoms with Crippen LogP contribution in [0.2, 0.25) is 0 Å². The minimum Gasteiger partial charge on any atom is -0.456 e. The molecule has 2 saturated carbocycles. The van der Waals surface area contributed by atoms with Crippen LogP contribution in [0.3, 0.4) is 0 Å². The van der Waals surface area contributed by atoms with Gasteiger partial charge >= 0.3 is 5.97 Å². The van der Waals surface area contributed by atoms with Crippen LogP contribution in [0.25, 0.3) is 0 Å². The number of rotatable bonds is 0. The van der Waals surface area contributed by atoms with Gasteiger partial charge < -0.3 is 14.9 Å². The van der Waals surface area contributed by atoms with E-state index in [9.17, 15) is 15.0 Å². The smallest absolute Gasteiger partial charge is 0.309 e. The van der Waals surface area contributed by atoms with Gasteiger partial charge in [-0.05, 0) is 25.7 Å². The van der Waals surface area contributed by atoms with Crippen molar-refractivity contribution in [3.63, 3.8) is 0 Å². The van der Waals surface area contributed by atoms with Gasteiger partial charge in [0.2, 0.25) is 5.79 Å². The number of fused-ring (bicyclic) bond motifs is 3. The summed E-state index contributed by atoms with van der Waals surface area (Å²) in [4.78, 5) is 22.8. The summed E-state index contributed by atoms with van der Waals surface area (Å²) < 4.78 is 5.39. The fourth-order valence-corrected chi connectivity index (χ4v) is 4.92. The highest BCUT2D eigenvalue weighted by Crippen LogP contribution is 2.62. The number of hydrogen-bond donors (Lipinski definition) is 2. The predicted octanol–water partition coefficient (Wildman–Crippen LogP) is 0.898. The molecule has 2 aliphatic heterocycles. The molecule has 2 bridgehead atoms. The third-order valence-electron chi connectivity index (χ3n) is 6.57. The van der Waals surface area contributed by atoms with E-state index in [1.165, 1.54) is 0 Å². The molecule has 4 fully saturated rings. The van der Waals surface area contributed by atoms with Gasteiger partial charge in [-0.1, -0.05) is 13.8 Å². The molecule has 0 aromatic carbocycles. The molecule has 6 heteroatoms. The second kappa shape index (κ2) is 3.98. The largest absolute Gasteiger partial charge is 0.456 e. The Bertz CT molecular complexity index is 495. The van der Waals surface area contributed by atoms with Crippen molar-refractivity contribution in [2.45, 2.75) is 69.5 Å². The van der Waals surface area contributed by atoms with Crippen molar-refractivity contribution in [1.29, 1.82) is 0 Å². The first-order valence-electron chi connectivity index (χ1n) is 7.79. The van der Waals surface area contributed by atoms with Crippen LogP contribution in [0.4, 0.5) is 0 Å². The second-order valence-corrected chi connectivity index (χ2v) is 7.50. The maximum absolute atomic E-state index is 11.9. The Balaban J connectivity index is 1.77. The number of esters is 1. The van der Waals surface area contributed by atoms with E-state index in [4.69, 9.17) is 14.5 Å². The summed E-state index contributed by atoms with van der Waals surface area (Å²) in [5.74, 6) is -2.26. The maximum Gasteiger partial charge on any atom is 0.309 e. The lowest BCUT2D eigenvalue weighted by atomic mass is 9.64. The van der Waals surface area contributed by atoms with Crippen molar-refractivity contribution >= 4 is 5.97 Å². The van der Waals surface area contributed by atoms with Gasteiger partial charge in [0.25, 0.3) is 0 Å². The quantitative estimate of drug-likeness (QED) is 0.510. The molecule has 1 spiro atoms. The van der Waals surface area contributed by atoms with Crippen LogP contribution in [-0.4, -0.2) is 39.8 Å². The van der Waals surface area contributed by atoms with Gasteiger partial charge in [-0.3, -0.25) is 4.79 Å². The Morgan fingerprint density at radius 3 is 2.76 bits per heavy atom. The molecular weight excluding hydrogens is 276 g/mol. The average Bonchev–Trinajstić information content (AvgIpc) is 3.02. The molecule has 7 atom stereocenters. The number of hydrogen-bond acceptors (Lipinski definition) is 6. The molecule has 4 aliphatic rings. The van der Waals surface area contributed by atoms with Gasteiger partial charge in [0, 0.05) is 17.8 Å². The highest BCUT2D eigenvalue weighted by atomic mass is 17.2. The molecule has 2 aliphatic carbocycles. The van der Waals surface area contributed by atoms with Crippen LogP contribution >= 0.6 is 0 Å². The molecule has 2 N–H and O–H groups in total. The third-order valence-corrected chi connectivity index (χ3v) is 6.57. The lowest BCUT2D eigenvalue weighted by molar-refractivity contribution is -0.416. The molecular formula is C15H22O6. The molecule has 0 radical (unpaired) electrons. The summed E-state index contributed by atoms with van der Waals surface area (Å²) in [7, 11) is 0. The van der Waals surface area contributed by atoms with Crippen LogP contribution in [0.5, 0.6) is 0 Å². The molecule has 0 amide bonds. The van der Waals surface area contributed by atoms with Crippen molar-refractivity contribution in [3.05, 3.63) is 0 Å². The van der Waals surface area contributed by atoms with E-state index in [0.29, 0.717) is 19.3 Å². The first-order chi connectivity index (χ1) is 9.81. The number of ether oxygens (including phenoxy) is 1. The van der Waals surface area contributed by atoms with Crippen LogP contribution in [0.1, 0.15) is 46.0 Å². The third kappa shape index (κ3) is 1.54. The van der Waals surface area contributed by atoms with E-state index < -0.39 is 29.0 Å². The van der Waals surface area contributed by atoms with Crippen LogP contribution in [-0.2, 0) is 19.3 Å². The summed E-state index contributed by atoms with van der Waals surface area (Å²) in [5.41, 5.74) is -1.15. The first kappa shape index (κ1) is 13.9. The minimum absolute atomic E-state index is 0.105. The molecule has 6 nitrogen and oxygen atoms in total. The van der Waals surface area contributed by atoms with Crippen LogP contribution < -0.4 is 0 Å². The molecule has 0 aromatic rings. The molecule has 0 aromatic heterocycles. The Hall–Kier alpha value is -0.690. The zero-order valence-corrected chi connectivity index (χ0v) is 12.4. The Kier molecular flexibility index (Phi) is 2.64. The molecule has 2 saturated heterocycles. The summed E-state index contributed by atoms with van der Waals surface area (Å²) in [6.45, 7) is 3.83. The van der Waals surface area contributed by atoms with Crippen LogP contribution in [0, 0.1) is 17.3 Å².